The van der Waals surface area contributed by atoms with Gasteiger partial charge in [-0.2, -0.15) is 0 Å². The number of anilines is 3. The Kier molecular flexibility index (Phi) is 5.64. The summed E-state index contributed by atoms with van der Waals surface area (Å²) in [6.45, 7) is 0. The van der Waals surface area contributed by atoms with Crippen LogP contribution in [0.5, 0.6) is 0 Å². The molecule has 0 amide bonds. The summed E-state index contributed by atoms with van der Waals surface area (Å²) in [5.74, 6) is 0. The van der Waals surface area contributed by atoms with Crippen molar-refractivity contribution in [2.75, 3.05) is 4.90 Å². The summed E-state index contributed by atoms with van der Waals surface area (Å²) >= 11 is 0. The number of benzene rings is 6. The van der Waals surface area contributed by atoms with E-state index in [9.17, 15) is 0 Å². The van der Waals surface area contributed by atoms with Crippen LogP contribution in [0.1, 0.15) is 0 Å². The fourth-order valence-corrected chi connectivity index (χ4v) is 5.45. The first-order chi connectivity index (χ1) is 18.8. The van der Waals surface area contributed by atoms with E-state index >= 15 is 0 Å². The lowest BCUT2D eigenvalue weighted by atomic mass is 9.67. The molecule has 0 saturated heterocycles. The van der Waals surface area contributed by atoms with Crippen LogP contribution >= 0.6 is 0 Å². The van der Waals surface area contributed by atoms with Crippen LogP contribution in [0.2, 0.25) is 0 Å². The Balaban J connectivity index is 1.35. The van der Waals surface area contributed by atoms with Crippen LogP contribution in [0.25, 0.3) is 33.4 Å². The molecule has 0 saturated carbocycles. The molecule has 2 heteroatoms. The zero-order chi connectivity index (χ0) is 25.3. The first-order valence-electron chi connectivity index (χ1n) is 13.0. The number of rotatable bonds is 5. The lowest BCUT2D eigenvalue weighted by molar-refractivity contribution is 1.29. The van der Waals surface area contributed by atoms with Gasteiger partial charge < -0.3 is 4.90 Å². The maximum Gasteiger partial charge on any atom is 0.195 e. The van der Waals surface area contributed by atoms with E-state index in [4.69, 9.17) is 0 Å². The van der Waals surface area contributed by atoms with E-state index in [2.05, 4.69) is 164 Å². The fourth-order valence-electron chi connectivity index (χ4n) is 5.45. The second kappa shape index (κ2) is 9.57. The Morgan fingerprint density at radius 3 is 1.42 bits per heavy atom. The molecule has 1 nitrogen and oxygen atoms in total. The number of hydrogen-bond acceptors (Lipinski definition) is 1. The SMILES string of the molecule is [B]1c2ccccc2-c2cccc(N(c3ccc(-c4ccccc4)cc3)c3ccc(-c4ccccc4)cc3)c21. The van der Waals surface area contributed by atoms with Crippen molar-refractivity contribution in [1.82, 2.24) is 0 Å². The molecule has 0 spiro atoms. The third-order valence-electron chi connectivity index (χ3n) is 7.34. The molecule has 6 aromatic carbocycles. The summed E-state index contributed by atoms with van der Waals surface area (Å²) in [6, 6.07) is 54.2. The standard InChI is InChI=1S/C36H25BN/c1-3-10-26(11-4-1)28-18-22-30(23-19-28)38(31-24-20-29(21-25-31)27-12-5-2-6-13-27)35-17-9-15-33-32-14-7-8-16-34(32)37-36(33)35/h1-25H. The van der Waals surface area contributed by atoms with Gasteiger partial charge >= 0.3 is 0 Å². The number of nitrogens with zero attached hydrogens (tertiary/aromatic N) is 1. The van der Waals surface area contributed by atoms with Gasteiger partial charge in [-0.3, -0.25) is 0 Å². The van der Waals surface area contributed by atoms with E-state index in [0.29, 0.717) is 0 Å². The maximum atomic E-state index is 2.38. The quantitative estimate of drug-likeness (QED) is 0.224. The van der Waals surface area contributed by atoms with Gasteiger partial charge in [-0.1, -0.05) is 132 Å². The molecular weight excluding hydrogens is 457 g/mol. The van der Waals surface area contributed by atoms with E-state index in [1.807, 2.05) is 0 Å². The summed E-state index contributed by atoms with van der Waals surface area (Å²) < 4.78 is 0. The molecule has 1 heterocycles. The number of hydrogen-bond donors (Lipinski definition) is 0. The van der Waals surface area contributed by atoms with Crippen LogP contribution in [0.15, 0.2) is 152 Å². The third-order valence-corrected chi connectivity index (χ3v) is 7.34. The average molecular weight is 482 g/mol. The minimum atomic E-state index is 1.13. The van der Waals surface area contributed by atoms with Crippen molar-refractivity contribution in [3.8, 4) is 33.4 Å². The van der Waals surface area contributed by atoms with E-state index in [-0.39, 0.29) is 0 Å². The Morgan fingerprint density at radius 1 is 0.368 bits per heavy atom. The normalized spacial score (nSPS) is 11.4. The molecule has 6 aromatic rings. The first kappa shape index (κ1) is 22.4. The Hall–Kier alpha value is -4.82. The predicted octanol–water partition coefficient (Wildman–Crippen LogP) is 8.13. The van der Waals surface area contributed by atoms with Gasteiger partial charge in [0.05, 0.1) is 0 Å². The molecule has 177 valence electrons. The van der Waals surface area contributed by atoms with Crippen LogP contribution < -0.4 is 15.8 Å². The average Bonchev–Trinajstić information content (AvgIpc) is 3.39. The largest absolute Gasteiger partial charge is 0.311 e. The van der Waals surface area contributed by atoms with Gasteiger partial charge in [-0.25, -0.2) is 0 Å². The summed E-state index contributed by atoms with van der Waals surface area (Å²) in [5, 5.41) is 0. The molecule has 0 aliphatic carbocycles. The van der Waals surface area contributed by atoms with Crippen LogP contribution in [0, 0.1) is 0 Å². The van der Waals surface area contributed by atoms with Gasteiger partial charge in [0.15, 0.2) is 7.28 Å². The van der Waals surface area contributed by atoms with Gasteiger partial charge in [0.25, 0.3) is 0 Å². The van der Waals surface area contributed by atoms with Crippen molar-refractivity contribution >= 4 is 35.3 Å². The van der Waals surface area contributed by atoms with Crippen LogP contribution in [-0.4, -0.2) is 7.28 Å². The zero-order valence-corrected chi connectivity index (χ0v) is 21.0. The highest BCUT2D eigenvalue weighted by atomic mass is 15.1. The van der Waals surface area contributed by atoms with Gasteiger partial charge in [-0.05, 0) is 63.7 Å². The molecule has 38 heavy (non-hydrogen) atoms. The van der Waals surface area contributed by atoms with Crippen molar-refractivity contribution in [1.29, 1.82) is 0 Å². The molecule has 0 aromatic heterocycles. The Morgan fingerprint density at radius 2 is 0.842 bits per heavy atom. The molecule has 7 rings (SSSR count). The first-order valence-corrected chi connectivity index (χ1v) is 13.0. The monoisotopic (exact) mass is 482 g/mol. The molecule has 1 radical (unpaired) electrons. The molecule has 0 atom stereocenters. The topological polar surface area (TPSA) is 3.24 Å². The Bertz CT molecular complexity index is 1620. The lowest BCUT2D eigenvalue weighted by Crippen LogP contribution is -2.27. The molecule has 0 unspecified atom stereocenters. The molecule has 1 aliphatic rings. The van der Waals surface area contributed by atoms with Crippen molar-refractivity contribution in [3.63, 3.8) is 0 Å². The predicted molar refractivity (Wildman–Crippen MR) is 162 cm³/mol. The van der Waals surface area contributed by atoms with Crippen LogP contribution in [-0.2, 0) is 0 Å². The highest BCUT2D eigenvalue weighted by Crippen LogP contribution is 2.38. The maximum absolute atomic E-state index is 2.38. The van der Waals surface area contributed by atoms with E-state index < -0.39 is 0 Å². The van der Waals surface area contributed by atoms with E-state index in [1.54, 1.807) is 0 Å². The van der Waals surface area contributed by atoms with Gasteiger partial charge in [-0.15, -0.1) is 0 Å². The molecule has 0 fully saturated rings. The summed E-state index contributed by atoms with van der Waals surface area (Å²) in [6.07, 6.45) is 0. The van der Waals surface area contributed by atoms with Crippen molar-refractivity contribution in [2.24, 2.45) is 0 Å². The minimum absolute atomic E-state index is 1.13. The molecular formula is C36H25BN. The second-order valence-corrected chi connectivity index (χ2v) is 9.63. The van der Waals surface area contributed by atoms with Crippen LogP contribution in [0.4, 0.5) is 17.1 Å². The summed E-state index contributed by atoms with van der Waals surface area (Å²) in [4.78, 5) is 2.38. The lowest BCUT2D eigenvalue weighted by Gasteiger charge is -2.28. The highest BCUT2D eigenvalue weighted by molar-refractivity contribution is 6.75. The molecule has 0 N–H and O–H groups in total. The smallest absolute Gasteiger partial charge is 0.195 e. The third kappa shape index (κ3) is 4.01. The van der Waals surface area contributed by atoms with E-state index in [1.165, 1.54) is 50.0 Å². The summed E-state index contributed by atoms with van der Waals surface area (Å²) in [7, 11) is 2.32. The second-order valence-electron chi connectivity index (χ2n) is 9.63. The van der Waals surface area contributed by atoms with Crippen molar-refractivity contribution in [2.45, 2.75) is 0 Å². The van der Waals surface area contributed by atoms with Crippen molar-refractivity contribution in [3.05, 3.63) is 152 Å². The van der Waals surface area contributed by atoms with Gasteiger partial charge in [0, 0.05) is 17.1 Å². The number of fused-ring (bicyclic) bond motifs is 3. The van der Waals surface area contributed by atoms with Gasteiger partial charge in [0.2, 0.25) is 0 Å². The summed E-state index contributed by atoms with van der Waals surface area (Å²) in [5.41, 5.74) is 13.4. The van der Waals surface area contributed by atoms with Crippen molar-refractivity contribution < 1.29 is 0 Å². The fraction of sp³-hybridized carbons (Fsp3) is 0. The van der Waals surface area contributed by atoms with E-state index in [0.717, 1.165) is 11.4 Å². The van der Waals surface area contributed by atoms with Crippen LogP contribution in [0.3, 0.4) is 0 Å². The Labute approximate surface area is 224 Å². The zero-order valence-electron chi connectivity index (χ0n) is 21.0. The molecule has 1 aliphatic heterocycles. The van der Waals surface area contributed by atoms with Gasteiger partial charge in [0.1, 0.15) is 0 Å². The highest BCUT2D eigenvalue weighted by Gasteiger charge is 2.25. The molecule has 0 bridgehead atoms. The minimum Gasteiger partial charge on any atom is -0.311 e.